The first-order chi connectivity index (χ1) is 13.3. The van der Waals surface area contributed by atoms with Gasteiger partial charge in [-0.05, 0) is 55.2 Å². The van der Waals surface area contributed by atoms with Crippen molar-refractivity contribution < 1.29 is 14.3 Å². The quantitative estimate of drug-likeness (QED) is 0.539. The van der Waals surface area contributed by atoms with Gasteiger partial charge in [-0.3, -0.25) is 9.59 Å². The molecule has 0 spiro atoms. The minimum atomic E-state index is -0.261. The summed E-state index contributed by atoms with van der Waals surface area (Å²) in [6.45, 7) is 8.47. The minimum absolute atomic E-state index is 0.0700. The van der Waals surface area contributed by atoms with Crippen LogP contribution in [0.3, 0.4) is 0 Å². The molecule has 2 N–H and O–H groups in total. The fourth-order valence-corrected chi connectivity index (χ4v) is 2.91. The second-order valence-electron chi connectivity index (χ2n) is 7.01. The lowest BCUT2D eigenvalue weighted by molar-refractivity contribution is -0.115. The molecule has 2 amide bonds. The van der Waals surface area contributed by atoms with Gasteiger partial charge in [-0.1, -0.05) is 42.8 Å². The number of nitrogens with one attached hydrogen (secondary N) is 2. The Balaban J connectivity index is 2.22. The van der Waals surface area contributed by atoms with Gasteiger partial charge in [-0.2, -0.15) is 0 Å². The van der Waals surface area contributed by atoms with E-state index in [2.05, 4.69) is 40.4 Å². The van der Waals surface area contributed by atoms with Crippen molar-refractivity contribution in [1.29, 1.82) is 0 Å². The van der Waals surface area contributed by atoms with Crippen molar-refractivity contribution in [2.45, 2.75) is 40.5 Å². The van der Waals surface area contributed by atoms with Crippen LogP contribution in [0.25, 0.3) is 0 Å². The summed E-state index contributed by atoms with van der Waals surface area (Å²) in [5, 5.41) is 5.78. The number of carbonyl (C=O) groups is 2. The number of rotatable bonds is 8. The normalized spacial score (nSPS) is 10.6. The first-order valence-electron chi connectivity index (χ1n) is 9.45. The van der Waals surface area contributed by atoms with Crippen LogP contribution in [0, 0.1) is 12.8 Å². The number of ether oxygens (including phenoxy) is 1. The van der Waals surface area contributed by atoms with E-state index in [0.29, 0.717) is 41.6 Å². The summed E-state index contributed by atoms with van der Waals surface area (Å²) >= 11 is 3.42. The highest BCUT2D eigenvalue weighted by molar-refractivity contribution is 9.10. The highest BCUT2D eigenvalue weighted by Crippen LogP contribution is 2.27. The van der Waals surface area contributed by atoms with Crippen molar-refractivity contribution in [3.63, 3.8) is 0 Å². The van der Waals surface area contributed by atoms with Crippen LogP contribution in [0.5, 0.6) is 5.75 Å². The zero-order chi connectivity index (χ0) is 20.7. The molecule has 0 heterocycles. The van der Waals surface area contributed by atoms with Crippen molar-refractivity contribution in [3.8, 4) is 5.75 Å². The van der Waals surface area contributed by atoms with Gasteiger partial charge in [-0.15, -0.1) is 0 Å². The molecule has 0 radical (unpaired) electrons. The fourth-order valence-electron chi connectivity index (χ4n) is 2.54. The minimum Gasteiger partial charge on any atom is -0.493 e. The number of halogens is 1. The zero-order valence-electron chi connectivity index (χ0n) is 16.8. The van der Waals surface area contributed by atoms with Crippen LogP contribution in [0.4, 0.5) is 11.4 Å². The van der Waals surface area contributed by atoms with E-state index in [4.69, 9.17) is 4.74 Å². The van der Waals surface area contributed by atoms with E-state index in [9.17, 15) is 9.59 Å². The summed E-state index contributed by atoms with van der Waals surface area (Å²) in [4.78, 5) is 24.6. The number of anilines is 2. The molecule has 0 saturated carbocycles. The SMILES string of the molecule is CCC(=O)Nc1cccc(NC(=O)c2cc(Br)ccc2OCCC(C)C)c1C. The lowest BCUT2D eigenvalue weighted by atomic mass is 10.1. The lowest BCUT2D eigenvalue weighted by Gasteiger charge is -2.15. The molecule has 0 atom stereocenters. The summed E-state index contributed by atoms with van der Waals surface area (Å²) in [5.41, 5.74) is 2.59. The van der Waals surface area contributed by atoms with Gasteiger partial charge >= 0.3 is 0 Å². The van der Waals surface area contributed by atoms with Crippen LogP contribution in [-0.4, -0.2) is 18.4 Å². The number of benzene rings is 2. The van der Waals surface area contributed by atoms with E-state index in [1.54, 1.807) is 25.1 Å². The van der Waals surface area contributed by atoms with E-state index >= 15 is 0 Å². The highest BCUT2D eigenvalue weighted by atomic mass is 79.9. The van der Waals surface area contributed by atoms with E-state index in [1.165, 1.54) is 0 Å². The Hall–Kier alpha value is -2.34. The maximum atomic E-state index is 12.9. The molecule has 150 valence electrons. The average molecular weight is 447 g/mol. The predicted octanol–water partition coefficient (Wildman–Crippen LogP) is 5.78. The fraction of sp³-hybridized carbons (Fsp3) is 0.364. The van der Waals surface area contributed by atoms with Crippen LogP contribution < -0.4 is 15.4 Å². The molecule has 0 aliphatic carbocycles. The molecule has 0 aliphatic heterocycles. The monoisotopic (exact) mass is 446 g/mol. The second-order valence-corrected chi connectivity index (χ2v) is 7.92. The Morgan fingerprint density at radius 2 is 1.79 bits per heavy atom. The Morgan fingerprint density at radius 3 is 2.43 bits per heavy atom. The summed E-state index contributed by atoms with van der Waals surface area (Å²) in [7, 11) is 0. The van der Waals surface area contributed by atoms with Crippen LogP contribution in [0.1, 0.15) is 49.5 Å². The highest BCUT2D eigenvalue weighted by Gasteiger charge is 2.16. The zero-order valence-corrected chi connectivity index (χ0v) is 18.4. The number of carbonyl (C=O) groups excluding carboxylic acids is 2. The maximum absolute atomic E-state index is 12.9. The first kappa shape index (κ1) is 22.0. The van der Waals surface area contributed by atoms with Gasteiger partial charge in [0.15, 0.2) is 0 Å². The van der Waals surface area contributed by atoms with Crippen molar-refractivity contribution in [2.75, 3.05) is 17.2 Å². The molecule has 28 heavy (non-hydrogen) atoms. The van der Waals surface area contributed by atoms with E-state index in [0.717, 1.165) is 16.5 Å². The molecule has 2 aromatic carbocycles. The third kappa shape index (κ3) is 6.09. The van der Waals surface area contributed by atoms with Crippen molar-refractivity contribution in [1.82, 2.24) is 0 Å². The third-order valence-electron chi connectivity index (χ3n) is 4.32. The topological polar surface area (TPSA) is 67.4 Å². The Bertz CT molecular complexity index is 850. The van der Waals surface area contributed by atoms with Gasteiger partial charge < -0.3 is 15.4 Å². The predicted molar refractivity (Wildman–Crippen MR) is 117 cm³/mol. The summed E-state index contributed by atoms with van der Waals surface area (Å²) in [6.07, 6.45) is 1.31. The maximum Gasteiger partial charge on any atom is 0.259 e. The number of hydrogen-bond acceptors (Lipinski definition) is 3. The van der Waals surface area contributed by atoms with Gasteiger partial charge in [0.05, 0.1) is 12.2 Å². The summed E-state index contributed by atoms with van der Waals surface area (Å²) < 4.78 is 6.64. The first-order valence-corrected chi connectivity index (χ1v) is 10.2. The van der Waals surface area contributed by atoms with Gasteiger partial charge in [0.25, 0.3) is 5.91 Å². The van der Waals surface area contributed by atoms with Crippen molar-refractivity contribution in [3.05, 3.63) is 52.0 Å². The van der Waals surface area contributed by atoms with E-state index in [-0.39, 0.29) is 11.8 Å². The van der Waals surface area contributed by atoms with Crippen LogP contribution in [0.15, 0.2) is 40.9 Å². The van der Waals surface area contributed by atoms with Gasteiger partial charge in [0.1, 0.15) is 5.75 Å². The summed E-state index contributed by atoms with van der Waals surface area (Å²) in [6, 6.07) is 10.8. The van der Waals surface area contributed by atoms with Gasteiger partial charge in [-0.25, -0.2) is 0 Å². The van der Waals surface area contributed by atoms with Gasteiger partial charge in [0.2, 0.25) is 5.91 Å². The molecular weight excluding hydrogens is 420 g/mol. The standard InChI is InChI=1S/C22H27BrN2O3/c1-5-21(26)24-18-7-6-8-19(15(18)4)25-22(27)17-13-16(23)9-10-20(17)28-12-11-14(2)3/h6-10,13-14H,5,11-12H2,1-4H3,(H,24,26)(H,25,27). The molecule has 0 unspecified atom stereocenters. The smallest absolute Gasteiger partial charge is 0.259 e. The van der Waals surface area contributed by atoms with Crippen molar-refractivity contribution >= 4 is 39.1 Å². The number of hydrogen-bond donors (Lipinski definition) is 2. The molecule has 0 bridgehead atoms. The molecule has 0 saturated heterocycles. The average Bonchev–Trinajstić information content (AvgIpc) is 2.65. The van der Waals surface area contributed by atoms with Gasteiger partial charge in [0, 0.05) is 22.3 Å². The largest absolute Gasteiger partial charge is 0.493 e. The second kappa shape index (κ2) is 10.3. The Kier molecular flexibility index (Phi) is 8.05. The third-order valence-corrected chi connectivity index (χ3v) is 4.81. The van der Waals surface area contributed by atoms with E-state index < -0.39 is 0 Å². The molecule has 0 fully saturated rings. The van der Waals surface area contributed by atoms with Crippen LogP contribution >= 0.6 is 15.9 Å². The lowest BCUT2D eigenvalue weighted by Crippen LogP contribution is -2.16. The Morgan fingerprint density at radius 1 is 1.11 bits per heavy atom. The summed E-state index contributed by atoms with van der Waals surface area (Å²) in [5.74, 6) is 0.744. The Labute approximate surface area is 175 Å². The van der Waals surface area contributed by atoms with Crippen molar-refractivity contribution in [2.24, 2.45) is 5.92 Å². The molecule has 2 rings (SSSR count). The van der Waals surface area contributed by atoms with Crippen LogP contribution in [-0.2, 0) is 4.79 Å². The van der Waals surface area contributed by atoms with Crippen LogP contribution in [0.2, 0.25) is 0 Å². The molecule has 0 aromatic heterocycles. The number of amides is 2. The molecule has 5 nitrogen and oxygen atoms in total. The molecule has 2 aromatic rings. The molecular formula is C22H27BrN2O3. The molecule has 0 aliphatic rings. The van der Waals surface area contributed by atoms with E-state index in [1.807, 2.05) is 25.1 Å². The molecule has 6 heteroatoms.